The van der Waals surface area contributed by atoms with Gasteiger partial charge in [-0.3, -0.25) is 0 Å². The largest absolute Gasteiger partial charge is 0.363 e. The first-order chi connectivity index (χ1) is 8.79. The second-order valence-corrected chi connectivity index (χ2v) is 4.85. The van der Waals surface area contributed by atoms with Gasteiger partial charge in [0.15, 0.2) is 5.11 Å². The molecule has 0 atom stereocenters. The van der Waals surface area contributed by atoms with E-state index in [1.807, 2.05) is 19.2 Å². The molecule has 2 rings (SSSR count). The lowest BCUT2D eigenvalue weighted by Crippen LogP contribution is -2.30. The first-order valence-electron chi connectivity index (χ1n) is 6.55. The Morgan fingerprint density at radius 2 is 2.11 bits per heavy atom. The minimum Gasteiger partial charge on any atom is -0.363 e. The fraction of sp³-hybridized carbons (Fsp3) is 0.538. The maximum Gasteiger partial charge on any atom is 0.170 e. The quantitative estimate of drug-likeness (QED) is 0.820. The second-order valence-electron chi connectivity index (χ2n) is 4.44. The number of hydrogen-bond acceptors (Lipinski definition) is 3. The van der Waals surface area contributed by atoms with E-state index < -0.39 is 0 Å². The summed E-state index contributed by atoms with van der Waals surface area (Å²) in [5.41, 5.74) is 0.932. The Labute approximate surface area is 114 Å². The SMILES string of the molecule is CCNC(=S)Nc1ccc(N2CCCCC2)nc1. The normalized spacial score (nSPS) is 15.3. The van der Waals surface area contributed by atoms with Crippen LogP contribution >= 0.6 is 12.2 Å². The van der Waals surface area contributed by atoms with E-state index in [4.69, 9.17) is 12.2 Å². The molecule has 1 fully saturated rings. The van der Waals surface area contributed by atoms with E-state index in [2.05, 4.69) is 26.6 Å². The molecule has 4 nitrogen and oxygen atoms in total. The average molecular weight is 264 g/mol. The third kappa shape index (κ3) is 3.57. The van der Waals surface area contributed by atoms with E-state index in [0.29, 0.717) is 5.11 Å². The molecular formula is C13H20N4S. The summed E-state index contributed by atoms with van der Waals surface area (Å²) in [5.74, 6) is 1.06. The molecule has 2 heterocycles. The number of nitrogens with zero attached hydrogens (tertiary/aromatic N) is 2. The van der Waals surface area contributed by atoms with Crippen LogP contribution < -0.4 is 15.5 Å². The number of rotatable bonds is 3. The lowest BCUT2D eigenvalue weighted by molar-refractivity contribution is 0.573. The zero-order valence-electron chi connectivity index (χ0n) is 10.8. The maximum atomic E-state index is 5.13. The molecule has 2 N–H and O–H groups in total. The predicted molar refractivity (Wildman–Crippen MR) is 80.2 cm³/mol. The van der Waals surface area contributed by atoms with Gasteiger partial charge in [-0.25, -0.2) is 4.98 Å². The highest BCUT2D eigenvalue weighted by molar-refractivity contribution is 7.80. The molecule has 1 aromatic rings. The molecule has 98 valence electrons. The summed E-state index contributed by atoms with van der Waals surface area (Å²) in [6.07, 6.45) is 5.72. The fourth-order valence-corrected chi connectivity index (χ4v) is 2.37. The van der Waals surface area contributed by atoms with Gasteiger partial charge in [0, 0.05) is 19.6 Å². The van der Waals surface area contributed by atoms with Crippen LogP contribution in [0.25, 0.3) is 0 Å². The number of aromatic nitrogens is 1. The van der Waals surface area contributed by atoms with E-state index in [0.717, 1.165) is 31.1 Å². The van der Waals surface area contributed by atoms with Crippen LogP contribution in [0, 0.1) is 0 Å². The Balaban J connectivity index is 1.94. The lowest BCUT2D eigenvalue weighted by Gasteiger charge is -2.27. The molecule has 18 heavy (non-hydrogen) atoms. The van der Waals surface area contributed by atoms with Crippen molar-refractivity contribution in [3.63, 3.8) is 0 Å². The summed E-state index contributed by atoms with van der Waals surface area (Å²) in [5, 5.41) is 6.81. The third-order valence-corrected chi connectivity index (χ3v) is 3.27. The van der Waals surface area contributed by atoms with Gasteiger partial charge >= 0.3 is 0 Å². The Morgan fingerprint density at radius 1 is 1.33 bits per heavy atom. The topological polar surface area (TPSA) is 40.2 Å². The number of anilines is 2. The molecule has 1 saturated heterocycles. The van der Waals surface area contributed by atoms with Crippen molar-refractivity contribution >= 4 is 28.8 Å². The summed E-state index contributed by atoms with van der Waals surface area (Å²) in [4.78, 5) is 6.83. The number of pyridine rings is 1. The van der Waals surface area contributed by atoms with Gasteiger partial charge in [0.2, 0.25) is 0 Å². The van der Waals surface area contributed by atoms with Gasteiger partial charge in [0.05, 0.1) is 11.9 Å². The molecule has 1 aliphatic heterocycles. The van der Waals surface area contributed by atoms with Crippen molar-refractivity contribution in [2.24, 2.45) is 0 Å². The van der Waals surface area contributed by atoms with Gasteiger partial charge in [-0.2, -0.15) is 0 Å². The Bertz CT molecular complexity index is 384. The van der Waals surface area contributed by atoms with Crippen molar-refractivity contribution in [3.8, 4) is 0 Å². The summed E-state index contributed by atoms with van der Waals surface area (Å²) in [7, 11) is 0. The highest BCUT2D eigenvalue weighted by Gasteiger charge is 2.11. The van der Waals surface area contributed by atoms with Crippen LogP contribution in [0.5, 0.6) is 0 Å². The molecule has 0 aliphatic carbocycles. The van der Waals surface area contributed by atoms with Gasteiger partial charge in [0.25, 0.3) is 0 Å². The second kappa shape index (κ2) is 6.54. The first-order valence-corrected chi connectivity index (χ1v) is 6.96. The summed E-state index contributed by atoms with van der Waals surface area (Å²) >= 11 is 5.13. The third-order valence-electron chi connectivity index (χ3n) is 3.02. The van der Waals surface area contributed by atoms with Crippen molar-refractivity contribution in [2.45, 2.75) is 26.2 Å². The molecule has 0 amide bonds. The van der Waals surface area contributed by atoms with Gasteiger partial charge in [-0.15, -0.1) is 0 Å². The minimum absolute atomic E-state index is 0.644. The minimum atomic E-state index is 0.644. The maximum absolute atomic E-state index is 5.13. The van der Waals surface area contributed by atoms with Crippen LogP contribution in [0.4, 0.5) is 11.5 Å². The van der Waals surface area contributed by atoms with Crippen LogP contribution in [0.3, 0.4) is 0 Å². The molecule has 0 spiro atoms. The standard InChI is InChI=1S/C13H20N4S/c1-2-14-13(18)16-11-6-7-12(15-10-11)17-8-4-3-5-9-17/h6-7,10H,2-5,8-9H2,1H3,(H2,14,16,18). The molecule has 0 saturated carbocycles. The number of nitrogens with one attached hydrogen (secondary N) is 2. The van der Waals surface area contributed by atoms with E-state index in [1.165, 1.54) is 19.3 Å². The van der Waals surface area contributed by atoms with Crippen molar-refractivity contribution in [1.82, 2.24) is 10.3 Å². The number of thiocarbonyl (C=S) groups is 1. The lowest BCUT2D eigenvalue weighted by atomic mass is 10.1. The van der Waals surface area contributed by atoms with Crippen molar-refractivity contribution in [3.05, 3.63) is 18.3 Å². The highest BCUT2D eigenvalue weighted by atomic mass is 32.1. The molecule has 0 aromatic carbocycles. The van der Waals surface area contributed by atoms with Crippen LogP contribution in [0.1, 0.15) is 26.2 Å². The number of hydrogen-bond donors (Lipinski definition) is 2. The molecular weight excluding hydrogens is 244 g/mol. The Morgan fingerprint density at radius 3 is 2.72 bits per heavy atom. The van der Waals surface area contributed by atoms with Crippen LogP contribution in [-0.2, 0) is 0 Å². The van der Waals surface area contributed by atoms with Crippen LogP contribution in [0.15, 0.2) is 18.3 Å². The smallest absolute Gasteiger partial charge is 0.170 e. The first kappa shape index (κ1) is 13.1. The van der Waals surface area contributed by atoms with E-state index in [9.17, 15) is 0 Å². The Hall–Kier alpha value is -1.36. The van der Waals surface area contributed by atoms with E-state index >= 15 is 0 Å². The van der Waals surface area contributed by atoms with E-state index in [-0.39, 0.29) is 0 Å². The molecule has 5 heteroatoms. The zero-order chi connectivity index (χ0) is 12.8. The molecule has 0 bridgehead atoms. The van der Waals surface area contributed by atoms with Crippen molar-refractivity contribution < 1.29 is 0 Å². The number of piperidine rings is 1. The molecule has 1 aromatic heterocycles. The van der Waals surface area contributed by atoms with Crippen molar-refractivity contribution in [1.29, 1.82) is 0 Å². The molecule has 1 aliphatic rings. The van der Waals surface area contributed by atoms with Gasteiger partial charge in [-0.05, 0) is 50.5 Å². The summed E-state index contributed by atoms with van der Waals surface area (Å²) in [6.45, 7) is 5.09. The molecule has 0 unspecified atom stereocenters. The van der Waals surface area contributed by atoms with Crippen LogP contribution in [-0.4, -0.2) is 29.7 Å². The van der Waals surface area contributed by atoms with E-state index in [1.54, 1.807) is 0 Å². The Kier molecular flexibility index (Phi) is 4.75. The molecule has 0 radical (unpaired) electrons. The summed E-state index contributed by atoms with van der Waals surface area (Å²) in [6, 6.07) is 4.09. The van der Waals surface area contributed by atoms with Gasteiger partial charge in [0.1, 0.15) is 5.82 Å². The van der Waals surface area contributed by atoms with Gasteiger partial charge in [-0.1, -0.05) is 0 Å². The predicted octanol–water partition coefficient (Wildman–Crippen LogP) is 2.38. The van der Waals surface area contributed by atoms with Crippen molar-refractivity contribution in [2.75, 3.05) is 29.9 Å². The van der Waals surface area contributed by atoms with Crippen LogP contribution in [0.2, 0.25) is 0 Å². The monoisotopic (exact) mass is 264 g/mol. The fourth-order valence-electron chi connectivity index (χ4n) is 2.11. The summed E-state index contributed by atoms with van der Waals surface area (Å²) < 4.78 is 0. The zero-order valence-corrected chi connectivity index (χ0v) is 11.6. The highest BCUT2D eigenvalue weighted by Crippen LogP contribution is 2.18. The van der Waals surface area contributed by atoms with Gasteiger partial charge < -0.3 is 15.5 Å². The average Bonchev–Trinajstić information content (AvgIpc) is 2.41.